The maximum absolute atomic E-state index is 6.00. The Hall–Kier alpha value is -1.20. The smallest absolute Gasteiger partial charge is 0.150 e. The lowest BCUT2D eigenvalue weighted by atomic mass is 9.91. The van der Waals surface area contributed by atoms with Crippen LogP contribution in [0.5, 0.6) is 0 Å². The van der Waals surface area contributed by atoms with E-state index in [1.807, 2.05) is 0 Å². The predicted octanol–water partition coefficient (Wildman–Crippen LogP) is 2.56. The summed E-state index contributed by atoms with van der Waals surface area (Å²) in [6.45, 7) is 6.33. The quantitative estimate of drug-likeness (QED) is 0.916. The van der Waals surface area contributed by atoms with Crippen LogP contribution in [0.4, 0.5) is 5.82 Å². The Labute approximate surface area is 117 Å². The molecule has 2 aromatic heterocycles. The molecule has 5 heteroatoms. The zero-order chi connectivity index (χ0) is 13.4. The number of fused-ring (bicyclic) bond motifs is 1. The molecule has 0 aromatic carbocycles. The van der Waals surface area contributed by atoms with Gasteiger partial charge in [0.25, 0.3) is 0 Å². The fourth-order valence-corrected chi connectivity index (χ4v) is 3.84. The van der Waals surface area contributed by atoms with Gasteiger partial charge in [0.2, 0.25) is 0 Å². The van der Waals surface area contributed by atoms with Crippen LogP contribution in [0.1, 0.15) is 25.3 Å². The van der Waals surface area contributed by atoms with Crippen molar-refractivity contribution < 1.29 is 0 Å². The van der Waals surface area contributed by atoms with E-state index in [1.54, 1.807) is 17.7 Å². The van der Waals surface area contributed by atoms with Gasteiger partial charge in [-0.2, -0.15) is 0 Å². The highest BCUT2D eigenvalue weighted by atomic mass is 32.1. The molecule has 2 aromatic rings. The van der Waals surface area contributed by atoms with Crippen molar-refractivity contribution in [3.63, 3.8) is 0 Å². The van der Waals surface area contributed by atoms with Crippen LogP contribution in [-0.4, -0.2) is 29.1 Å². The van der Waals surface area contributed by atoms with Crippen LogP contribution in [0.25, 0.3) is 10.2 Å². The highest BCUT2D eigenvalue weighted by Crippen LogP contribution is 2.33. The standard InChI is InChI=1S/C14H20N4S/c1-9-7-19-13-12(9)16-8-17-14(13)18-5-3-11(4-6-18)10(2)15/h7-8,10-11H,3-6,15H2,1-2H3. The molecule has 1 aliphatic rings. The Morgan fingerprint density at radius 1 is 1.37 bits per heavy atom. The topological polar surface area (TPSA) is 55.0 Å². The Morgan fingerprint density at radius 3 is 2.79 bits per heavy atom. The van der Waals surface area contributed by atoms with Gasteiger partial charge >= 0.3 is 0 Å². The fourth-order valence-electron chi connectivity index (χ4n) is 2.82. The van der Waals surface area contributed by atoms with Crippen molar-refractivity contribution in [1.29, 1.82) is 0 Å². The van der Waals surface area contributed by atoms with Crippen LogP contribution < -0.4 is 10.6 Å². The van der Waals surface area contributed by atoms with E-state index in [0.717, 1.165) is 37.3 Å². The van der Waals surface area contributed by atoms with Crippen LogP contribution in [0.15, 0.2) is 11.7 Å². The SMILES string of the molecule is Cc1csc2c(N3CCC(C(C)N)CC3)ncnc12. The number of hydrogen-bond donors (Lipinski definition) is 1. The average Bonchev–Trinajstić information content (AvgIpc) is 2.81. The first-order chi connectivity index (χ1) is 9.16. The summed E-state index contributed by atoms with van der Waals surface area (Å²) in [6, 6.07) is 0.302. The summed E-state index contributed by atoms with van der Waals surface area (Å²) >= 11 is 1.75. The van der Waals surface area contributed by atoms with Crippen LogP contribution >= 0.6 is 11.3 Å². The van der Waals surface area contributed by atoms with Crippen LogP contribution in [-0.2, 0) is 0 Å². The third-order valence-corrected chi connectivity index (χ3v) is 5.18. The minimum atomic E-state index is 0.302. The summed E-state index contributed by atoms with van der Waals surface area (Å²) in [5.74, 6) is 1.75. The number of thiophene rings is 1. The molecular weight excluding hydrogens is 256 g/mol. The van der Waals surface area contributed by atoms with Crippen molar-refractivity contribution in [2.75, 3.05) is 18.0 Å². The van der Waals surface area contributed by atoms with Gasteiger partial charge in [-0.25, -0.2) is 9.97 Å². The Bertz CT molecular complexity index is 570. The molecule has 0 amide bonds. The Morgan fingerprint density at radius 2 is 2.11 bits per heavy atom. The van der Waals surface area contributed by atoms with Gasteiger partial charge in [-0.05, 0) is 43.6 Å². The third kappa shape index (κ3) is 2.32. The molecule has 1 atom stereocenters. The number of piperidine rings is 1. The molecule has 19 heavy (non-hydrogen) atoms. The summed E-state index contributed by atoms with van der Waals surface area (Å²) in [4.78, 5) is 11.3. The molecule has 2 N–H and O–H groups in total. The number of hydrogen-bond acceptors (Lipinski definition) is 5. The van der Waals surface area contributed by atoms with E-state index in [0.29, 0.717) is 12.0 Å². The number of anilines is 1. The van der Waals surface area contributed by atoms with Crippen molar-refractivity contribution in [1.82, 2.24) is 9.97 Å². The third-order valence-electron chi connectivity index (χ3n) is 4.09. The first kappa shape index (κ1) is 12.8. The summed E-state index contributed by atoms with van der Waals surface area (Å²) in [7, 11) is 0. The van der Waals surface area contributed by atoms with Gasteiger partial charge in [0.15, 0.2) is 0 Å². The van der Waals surface area contributed by atoms with E-state index >= 15 is 0 Å². The second kappa shape index (κ2) is 5.06. The van der Waals surface area contributed by atoms with Crippen LogP contribution in [0.2, 0.25) is 0 Å². The van der Waals surface area contributed by atoms with E-state index in [9.17, 15) is 0 Å². The van der Waals surface area contributed by atoms with Crippen molar-refractivity contribution in [3.05, 3.63) is 17.3 Å². The van der Waals surface area contributed by atoms with Crippen molar-refractivity contribution in [3.8, 4) is 0 Å². The van der Waals surface area contributed by atoms with E-state index in [-0.39, 0.29) is 0 Å². The number of nitrogens with zero attached hydrogens (tertiary/aromatic N) is 3. The minimum Gasteiger partial charge on any atom is -0.355 e. The van der Waals surface area contributed by atoms with Crippen molar-refractivity contribution in [2.45, 2.75) is 32.7 Å². The lowest BCUT2D eigenvalue weighted by molar-refractivity contribution is 0.354. The summed E-state index contributed by atoms with van der Waals surface area (Å²) < 4.78 is 1.22. The molecule has 0 bridgehead atoms. The molecule has 0 radical (unpaired) electrons. The highest BCUT2D eigenvalue weighted by Gasteiger charge is 2.24. The molecule has 1 fully saturated rings. The summed E-state index contributed by atoms with van der Waals surface area (Å²) in [5.41, 5.74) is 8.35. The normalized spacial score (nSPS) is 19.0. The fraction of sp³-hybridized carbons (Fsp3) is 0.571. The van der Waals surface area contributed by atoms with Gasteiger partial charge in [0.05, 0.1) is 10.2 Å². The first-order valence-electron chi connectivity index (χ1n) is 6.86. The molecule has 1 unspecified atom stereocenters. The maximum Gasteiger partial charge on any atom is 0.150 e. The molecule has 1 saturated heterocycles. The van der Waals surface area contributed by atoms with Gasteiger partial charge in [0.1, 0.15) is 12.1 Å². The van der Waals surface area contributed by atoms with Gasteiger partial charge in [-0.3, -0.25) is 0 Å². The molecule has 0 spiro atoms. The predicted molar refractivity (Wildman–Crippen MR) is 80.7 cm³/mol. The zero-order valence-electron chi connectivity index (χ0n) is 11.5. The monoisotopic (exact) mass is 276 g/mol. The lowest BCUT2D eigenvalue weighted by Crippen LogP contribution is -2.40. The van der Waals surface area contributed by atoms with E-state index < -0.39 is 0 Å². The number of rotatable bonds is 2. The Balaban J connectivity index is 1.86. The van der Waals surface area contributed by atoms with Gasteiger partial charge in [0, 0.05) is 19.1 Å². The van der Waals surface area contributed by atoms with Gasteiger partial charge in [-0.15, -0.1) is 11.3 Å². The largest absolute Gasteiger partial charge is 0.355 e. The van der Waals surface area contributed by atoms with E-state index in [1.165, 1.54) is 10.3 Å². The lowest BCUT2D eigenvalue weighted by Gasteiger charge is -2.34. The highest BCUT2D eigenvalue weighted by molar-refractivity contribution is 7.18. The maximum atomic E-state index is 6.00. The second-order valence-electron chi connectivity index (χ2n) is 5.48. The van der Waals surface area contributed by atoms with Crippen molar-refractivity contribution >= 4 is 27.4 Å². The minimum absolute atomic E-state index is 0.302. The summed E-state index contributed by atoms with van der Waals surface area (Å²) in [5, 5.41) is 2.16. The second-order valence-corrected chi connectivity index (χ2v) is 6.36. The molecule has 0 saturated carbocycles. The molecule has 4 nitrogen and oxygen atoms in total. The first-order valence-corrected chi connectivity index (χ1v) is 7.74. The van der Waals surface area contributed by atoms with Crippen LogP contribution in [0.3, 0.4) is 0 Å². The number of aromatic nitrogens is 2. The van der Waals surface area contributed by atoms with Crippen molar-refractivity contribution in [2.24, 2.45) is 11.7 Å². The molecule has 102 valence electrons. The van der Waals surface area contributed by atoms with Gasteiger partial charge < -0.3 is 10.6 Å². The van der Waals surface area contributed by atoms with Gasteiger partial charge in [-0.1, -0.05) is 0 Å². The van der Waals surface area contributed by atoms with E-state index in [2.05, 4.69) is 34.1 Å². The molecular formula is C14H20N4S. The summed E-state index contributed by atoms with van der Waals surface area (Å²) in [6.07, 6.45) is 4.01. The Kier molecular flexibility index (Phi) is 3.41. The van der Waals surface area contributed by atoms with E-state index in [4.69, 9.17) is 5.73 Å². The molecule has 3 heterocycles. The molecule has 1 aliphatic heterocycles. The van der Waals surface area contributed by atoms with Crippen LogP contribution in [0, 0.1) is 12.8 Å². The number of aryl methyl sites for hydroxylation is 1. The average molecular weight is 276 g/mol. The molecule has 3 rings (SSSR count). The zero-order valence-corrected chi connectivity index (χ0v) is 12.3. The molecule has 0 aliphatic carbocycles. The number of nitrogens with two attached hydrogens (primary N) is 1.